The Labute approximate surface area is 136 Å². The van der Waals surface area contributed by atoms with Gasteiger partial charge in [-0.1, -0.05) is 30.3 Å². The van der Waals surface area contributed by atoms with Crippen LogP contribution in [0, 0.1) is 11.3 Å². The first-order valence-electron chi connectivity index (χ1n) is 7.09. The van der Waals surface area contributed by atoms with Gasteiger partial charge in [0.1, 0.15) is 6.04 Å². The minimum Gasteiger partial charge on any atom is -0.366 e. The highest BCUT2D eigenvalue weighted by Gasteiger charge is 2.30. The minimum atomic E-state index is -4.45. The molecule has 24 heavy (non-hydrogen) atoms. The van der Waals surface area contributed by atoms with E-state index in [1.165, 1.54) is 6.08 Å². The van der Waals surface area contributed by atoms with E-state index in [9.17, 15) is 18.0 Å². The number of hydrogen-bond acceptors (Lipinski definition) is 3. The zero-order valence-corrected chi connectivity index (χ0v) is 12.3. The van der Waals surface area contributed by atoms with E-state index in [4.69, 9.17) is 5.26 Å². The second-order valence-corrected chi connectivity index (χ2v) is 5.28. The lowest BCUT2D eigenvalue weighted by Gasteiger charge is -2.22. The Bertz CT molecular complexity index is 861. The average Bonchev–Trinajstić information content (AvgIpc) is 2.59. The summed E-state index contributed by atoms with van der Waals surface area (Å²) in [6.45, 7) is 0. The summed E-state index contributed by atoms with van der Waals surface area (Å²) < 4.78 is 37.9. The Balaban J connectivity index is 2.00. The number of carbonyl (C=O) groups is 1. The molecule has 1 N–H and O–H groups in total. The van der Waals surface area contributed by atoms with Gasteiger partial charge in [-0.3, -0.25) is 4.79 Å². The van der Waals surface area contributed by atoms with Crippen LogP contribution in [0.25, 0.3) is 5.57 Å². The maximum atomic E-state index is 12.7. The Kier molecular flexibility index (Phi) is 3.86. The molecule has 120 valence electrons. The highest BCUT2D eigenvalue weighted by Crippen LogP contribution is 2.33. The topological polar surface area (TPSA) is 52.9 Å². The number of ketones is 1. The lowest BCUT2D eigenvalue weighted by atomic mass is 9.91. The number of alkyl halides is 3. The monoisotopic (exact) mass is 328 g/mol. The normalized spacial score (nSPS) is 16.4. The third kappa shape index (κ3) is 2.88. The van der Waals surface area contributed by atoms with Crippen molar-refractivity contribution in [3.63, 3.8) is 0 Å². The van der Waals surface area contributed by atoms with Gasteiger partial charge in [-0.15, -0.1) is 0 Å². The predicted molar refractivity (Wildman–Crippen MR) is 83.2 cm³/mol. The van der Waals surface area contributed by atoms with Gasteiger partial charge in [0, 0.05) is 22.4 Å². The Hall–Kier alpha value is -3.07. The summed E-state index contributed by atoms with van der Waals surface area (Å²) in [5.74, 6) is -0.419. The van der Waals surface area contributed by atoms with Crippen LogP contribution in [0.3, 0.4) is 0 Å². The molecule has 1 aliphatic heterocycles. The number of Topliss-reactive ketones (excluding diaryl/α,β-unsaturated/α-hetero) is 1. The van der Waals surface area contributed by atoms with Crippen LogP contribution in [0.1, 0.15) is 21.5 Å². The first-order chi connectivity index (χ1) is 11.4. The van der Waals surface area contributed by atoms with Crippen molar-refractivity contribution in [1.29, 1.82) is 5.26 Å². The number of rotatable bonds is 2. The molecule has 0 spiro atoms. The van der Waals surface area contributed by atoms with Crippen molar-refractivity contribution in [1.82, 2.24) is 0 Å². The van der Waals surface area contributed by atoms with E-state index in [-0.39, 0.29) is 5.56 Å². The fourth-order valence-corrected chi connectivity index (χ4v) is 2.54. The highest BCUT2D eigenvalue weighted by atomic mass is 19.4. The van der Waals surface area contributed by atoms with Crippen molar-refractivity contribution in [2.24, 2.45) is 0 Å². The average molecular weight is 328 g/mol. The van der Waals surface area contributed by atoms with Crippen molar-refractivity contribution in [3.8, 4) is 6.07 Å². The van der Waals surface area contributed by atoms with Gasteiger partial charge in [-0.2, -0.15) is 18.4 Å². The number of benzene rings is 2. The summed E-state index contributed by atoms with van der Waals surface area (Å²) >= 11 is 0. The van der Waals surface area contributed by atoms with Crippen molar-refractivity contribution in [2.45, 2.75) is 12.2 Å². The number of anilines is 1. The number of nitrogens with one attached hydrogen (secondary N) is 1. The molecule has 2 aromatic carbocycles. The third-order valence-corrected chi connectivity index (χ3v) is 3.72. The predicted octanol–water partition coefficient (Wildman–Crippen LogP) is 4.29. The summed E-state index contributed by atoms with van der Waals surface area (Å²) in [4.78, 5) is 12.7. The van der Waals surface area contributed by atoms with E-state index in [2.05, 4.69) is 5.32 Å². The second-order valence-electron chi connectivity index (χ2n) is 5.28. The molecule has 3 nitrogen and oxygen atoms in total. The van der Waals surface area contributed by atoms with Crippen LogP contribution in [0.4, 0.5) is 18.9 Å². The zero-order chi connectivity index (χ0) is 17.3. The fraction of sp³-hybridized carbons (Fsp3) is 0.111. The van der Waals surface area contributed by atoms with Gasteiger partial charge in [-0.05, 0) is 24.3 Å². The van der Waals surface area contributed by atoms with Gasteiger partial charge >= 0.3 is 6.18 Å². The van der Waals surface area contributed by atoms with Crippen LogP contribution in [-0.2, 0) is 6.18 Å². The number of allylic oxidation sites excluding steroid dienone is 1. The maximum absolute atomic E-state index is 12.7. The molecule has 0 fully saturated rings. The molecule has 0 aliphatic carbocycles. The number of fused-ring (bicyclic) bond motifs is 1. The highest BCUT2D eigenvalue weighted by molar-refractivity contribution is 6.30. The van der Waals surface area contributed by atoms with Crippen LogP contribution >= 0.6 is 0 Å². The molecule has 6 heteroatoms. The van der Waals surface area contributed by atoms with E-state index >= 15 is 0 Å². The Morgan fingerprint density at radius 1 is 1.08 bits per heavy atom. The maximum Gasteiger partial charge on any atom is 0.416 e. The molecule has 2 aromatic rings. The zero-order valence-electron chi connectivity index (χ0n) is 12.3. The second kappa shape index (κ2) is 5.85. The van der Waals surface area contributed by atoms with Gasteiger partial charge in [0.05, 0.1) is 11.6 Å². The molecule has 1 unspecified atom stereocenters. The lowest BCUT2D eigenvalue weighted by molar-refractivity contribution is -0.137. The number of nitrogens with zero attached hydrogens (tertiary/aromatic N) is 1. The van der Waals surface area contributed by atoms with Gasteiger partial charge in [0.2, 0.25) is 0 Å². The molecule has 1 heterocycles. The quantitative estimate of drug-likeness (QED) is 0.837. The van der Waals surface area contributed by atoms with E-state index < -0.39 is 23.6 Å². The van der Waals surface area contributed by atoms with Gasteiger partial charge < -0.3 is 5.32 Å². The lowest BCUT2D eigenvalue weighted by Crippen LogP contribution is -2.22. The van der Waals surface area contributed by atoms with Crippen LogP contribution in [0.5, 0.6) is 0 Å². The van der Waals surface area contributed by atoms with Gasteiger partial charge in [-0.25, -0.2) is 0 Å². The van der Waals surface area contributed by atoms with E-state index in [1.54, 1.807) is 24.3 Å². The summed E-state index contributed by atoms with van der Waals surface area (Å²) in [7, 11) is 0. The van der Waals surface area contributed by atoms with Crippen molar-refractivity contribution in [2.75, 3.05) is 5.32 Å². The molecule has 0 radical (unpaired) electrons. The van der Waals surface area contributed by atoms with Crippen LogP contribution in [0.2, 0.25) is 0 Å². The largest absolute Gasteiger partial charge is 0.416 e. The number of carbonyl (C=O) groups excluding carboxylic acids is 1. The summed E-state index contributed by atoms with van der Waals surface area (Å²) in [5, 5.41) is 12.1. The molecule has 1 atom stereocenters. The SMILES string of the molecule is N#CC1C=C(C(=O)c2ccc(C(F)(F)F)cc2)c2ccccc2N1. The standard InChI is InChI=1S/C18H11F3N2O/c19-18(20,21)12-7-5-11(6-8-12)17(24)15-9-13(10-22)23-16-4-2-1-3-14(15)16/h1-9,13,23H. The molecule has 1 aliphatic rings. The van der Waals surface area contributed by atoms with Crippen molar-refractivity contribution >= 4 is 17.0 Å². The van der Waals surface area contributed by atoms with Crippen molar-refractivity contribution < 1.29 is 18.0 Å². The first-order valence-corrected chi connectivity index (χ1v) is 7.09. The first kappa shape index (κ1) is 15.8. The summed E-state index contributed by atoms with van der Waals surface area (Å²) in [6.07, 6.45) is -2.96. The Morgan fingerprint density at radius 2 is 1.75 bits per heavy atom. The van der Waals surface area contributed by atoms with E-state index in [0.717, 1.165) is 24.3 Å². The molecule has 0 bridgehead atoms. The molecule has 0 saturated carbocycles. The van der Waals surface area contributed by atoms with Crippen molar-refractivity contribution in [3.05, 3.63) is 71.3 Å². The Morgan fingerprint density at radius 3 is 2.38 bits per heavy atom. The number of nitriles is 1. The van der Waals surface area contributed by atoms with Crippen LogP contribution in [-0.4, -0.2) is 11.8 Å². The number of hydrogen-bond donors (Lipinski definition) is 1. The molecular formula is C18H11F3N2O. The molecule has 0 aromatic heterocycles. The smallest absolute Gasteiger partial charge is 0.366 e. The van der Waals surface area contributed by atoms with Gasteiger partial charge in [0.25, 0.3) is 0 Å². The van der Waals surface area contributed by atoms with Crippen LogP contribution < -0.4 is 5.32 Å². The van der Waals surface area contributed by atoms with E-state index in [1.807, 2.05) is 6.07 Å². The fourth-order valence-electron chi connectivity index (χ4n) is 2.54. The number of halogens is 3. The van der Waals surface area contributed by atoms with Gasteiger partial charge in [0.15, 0.2) is 5.78 Å². The third-order valence-electron chi connectivity index (χ3n) is 3.72. The van der Waals surface area contributed by atoms with E-state index in [0.29, 0.717) is 16.8 Å². The summed E-state index contributed by atoms with van der Waals surface area (Å²) in [5.41, 5.74) is 0.891. The molecular weight excluding hydrogens is 317 g/mol. The van der Waals surface area contributed by atoms with Crippen LogP contribution in [0.15, 0.2) is 54.6 Å². The molecule has 3 rings (SSSR count). The number of para-hydroxylation sites is 1. The molecule has 0 saturated heterocycles. The molecule has 0 amide bonds. The summed E-state index contributed by atoms with van der Waals surface area (Å²) in [6, 6.07) is 12.4. The minimum absolute atomic E-state index is 0.141.